The summed E-state index contributed by atoms with van der Waals surface area (Å²) < 4.78 is 20.1. The molecule has 2 nitrogen and oxygen atoms in total. The molecule has 0 N–H and O–H groups in total. The molecule has 1 heterocycles. The third-order valence-corrected chi connectivity index (χ3v) is 3.12. The zero-order valence-corrected chi connectivity index (χ0v) is 11.9. The molecule has 0 saturated heterocycles. The number of pyridine rings is 1. The summed E-state index contributed by atoms with van der Waals surface area (Å²) in [6.07, 6.45) is 1.58. The Balaban J connectivity index is 2.37. The molecular weight excluding hydrogens is 321 g/mol. The fraction of sp³-hybridized carbons (Fsp3) is 0.154. The van der Waals surface area contributed by atoms with Crippen molar-refractivity contribution in [3.63, 3.8) is 0 Å². The van der Waals surface area contributed by atoms with E-state index in [-0.39, 0.29) is 17.4 Å². The molecule has 94 valence electrons. The van der Waals surface area contributed by atoms with Crippen LogP contribution in [0.25, 0.3) is 0 Å². The molecule has 2 rings (SSSR count). The summed E-state index contributed by atoms with van der Waals surface area (Å²) in [6.45, 7) is 1.68. The van der Waals surface area contributed by atoms with Crippen LogP contribution >= 0.6 is 27.5 Å². The van der Waals surface area contributed by atoms with Crippen LogP contribution in [-0.2, 0) is 5.88 Å². The van der Waals surface area contributed by atoms with E-state index in [4.69, 9.17) is 16.3 Å². The van der Waals surface area contributed by atoms with Gasteiger partial charge in [-0.2, -0.15) is 0 Å². The minimum Gasteiger partial charge on any atom is -0.436 e. The van der Waals surface area contributed by atoms with Gasteiger partial charge in [0.15, 0.2) is 11.6 Å². The van der Waals surface area contributed by atoms with Gasteiger partial charge in [-0.15, -0.1) is 11.6 Å². The molecule has 0 spiro atoms. The van der Waals surface area contributed by atoms with Gasteiger partial charge in [-0.05, 0) is 40.5 Å². The molecule has 1 aromatic carbocycles. The first-order valence-electron chi connectivity index (χ1n) is 5.25. The Labute approximate surface area is 118 Å². The van der Waals surface area contributed by atoms with Crippen molar-refractivity contribution in [2.24, 2.45) is 0 Å². The predicted octanol–water partition coefficient (Wildman–Crippen LogP) is 4.82. The first kappa shape index (κ1) is 13.3. The molecule has 2 aromatic rings. The van der Waals surface area contributed by atoms with Crippen molar-refractivity contribution in [2.75, 3.05) is 0 Å². The Morgan fingerprint density at radius 2 is 2.22 bits per heavy atom. The number of nitrogens with zero attached hydrogens (tertiary/aromatic N) is 1. The molecule has 0 amide bonds. The first-order valence-corrected chi connectivity index (χ1v) is 6.58. The van der Waals surface area contributed by atoms with Crippen molar-refractivity contribution in [3.8, 4) is 11.6 Å². The first-order chi connectivity index (χ1) is 8.61. The molecule has 0 aliphatic heterocycles. The van der Waals surface area contributed by atoms with E-state index in [9.17, 15) is 4.39 Å². The summed E-state index contributed by atoms with van der Waals surface area (Å²) >= 11 is 9.10. The largest absolute Gasteiger partial charge is 0.436 e. The topological polar surface area (TPSA) is 22.1 Å². The van der Waals surface area contributed by atoms with E-state index >= 15 is 0 Å². The fourth-order valence-electron chi connectivity index (χ4n) is 1.46. The Kier molecular flexibility index (Phi) is 4.19. The summed E-state index contributed by atoms with van der Waals surface area (Å²) in [4.78, 5) is 4.09. The van der Waals surface area contributed by atoms with Gasteiger partial charge in [-0.25, -0.2) is 9.37 Å². The minimum atomic E-state index is -0.386. The number of aryl methyl sites for hydroxylation is 1. The third-order valence-electron chi connectivity index (χ3n) is 2.40. The Morgan fingerprint density at radius 3 is 2.94 bits per heavy atom. The number of benzene rings is 1. The molecule has 0 bridgehead atoms. The van der Waals surface area contributed by atoms with Crippen molar-refractivity contribution in [2.45, 2.75) is 12.8 Å². The van der Waals surface area contributed by atoms with Crippen molar-refractivity contribution < 1.29 is 9.13 Å². The lowest BCUT2D eigenvalue weighted by atomic mass is 10.2. The van der Waals surface area contributed by atoms with Crippen LogP contribution in [0.5, 0.6) is 11.6 Å². The Bertz CT molecular complexity index is 577. The van der Waals surface area contributed by atoms with E-state index in [2.05, 4.69) is 20.9 Å². The van der Waals surface area contributed by atoms with Gasteiger partial charge in [0, 0.05) is 16.2 Å². The second-order valence-electron chi connectivity index (χ2n) is 3.74. The van der Waals surface area contributed by atoms with Crippen molar-refractivity contribution >= 4 is 27.5 Å². The molecule has 18 heavy (non-hydrogen) atoms. The summed E-state index contributed by atoms with van der Waals surface area (Å²) in [5.74, 6) is 0.325. The Morgan fingerprint density at radius 1 is 1.44 bits per heavy atom. The maximum Gasteiger partial charge on any atom is 0.223 e. The van der Waals surface area contributed by atoms with Gasteiger partial charge in [0.05, 0.1) is 5.88 Å². The highest BCUT2D eigenvalue weighted by atomic mass is 79.9. The van der Waals surface area contributed by atoms with Gasteiger partial charge in [0.1, 0.15) is 0 Å². The molecule has 5 heteroatoms. The molecule has 0 radical (unpaired) electrons. The van der Waals surface area contributed by atoms with Gasteiger partial charge in [-0.3, -0.25) is 0 Å². The number of hydrogen-bond donors (Lipinski definition) is 0. The lowest BCUT2D eigenvalue weighted by Gasteiger charge is -2.10. The van der Waals surface area contributed by atoms with E-state index in [1.54, 1.807) is 37.4 Å². The number of aromatic nitrogens is 1. The highest BCUT2D eigenvalue weighted by molar-refractivity contribution is 9.10. The van der Waals surface area contributed by atoms with E-state index < -0.39 is 0 Å². The standard InChI is InChI=1S/C13H10BrClFNO/c1-8-3-2-4-11(12(8)16)18-13-9(6-15)5-10(14)7-17-13/h2-5,7H,6H2,1H3. The van der Waals surface area contributed by atoms with E-state index in [0.29, 0.717) is 17.0 Å². The van der Waals surface area contributed by atoms with Crippen LogP contribution in [0.1, 0.15) is 11.1 Å². The van der Waals surface area contributed by atoms with E-state index in [1.807, 2.05) is 0 Å². The van der Waals surface area contributed by atoms with Crippen LogP contribution in [0, 0.1) is 12.7 Å². The highest BCUT2D eigenvalue weighted by Crippen LogP contribution is 2.29. The number of halogens is 3. The second-order valence-corrected chi connectivity index (χ2v) is 4.92. The quantitative estimate of drug-likeness (QED) is 0.753. The molecule has 0 saturated carbocycles. The number of rotatable bonds is 3. The van der Waals surface area contributed by atoms with Crippen LogP contribution in [0.2, 0.25) is 0 Å². The van der Waals surface area contributed by atoms with Crippen LogP contribution < -0.4 is 4.74 Å². The SMILES string of the molecule is Cc1cccc(Oc2ncc(Br)cc2CCl)c1F. The summed E-state index contributed by atoms with van der Waals surface area (Å²) in [5, 5.41) is 0. The summed E-state index contributed by atoms with van der Waals surface area (Å²) in [6, 6.07) is 6.76. The monoisotopic (exact) mass is 329 g/mol. The van der Waals surface area contributed by atoms with E-state index in [1.165, 1.54) is 0 Å². The van der Waals surface area contributed by atoms with Gasteiger partial charge in [0.2, 0.25) is 5.88 Å². The predicted molar refractivity (Wildman–Crippen MR) is 72.7 cm³/mol. The second kappa shape index (κ2) is 5.67. The van der Waals surface area contributed by atoms with Crippen LogP contribution in [0.15, 0.2) is 34.9 Å². The zero-order valence-electron chi connectivity index (χ0n) is 9.58. The normalized spacial score (nSPS) is 10.4. The Hall–Kier alpha value is -1.13. The summed E-state index contributed by atoms with van der Waals surface area (Å²) in [7, 11) is 0. The lowest BCUT2D eigenvalue weighted by Crippen LogP contribution is -1.96. The van der Waals surface area contributed by atoms with Crippen molar-refractivity contribution in [3.05, 3.63) is 51.9 Å². The maximum atomic E-state index is 13.8. The van der Waals surface area contributed by atoms with Crippen molar-refractivity contribution in [1.29, 1.82) is 0 Å². The fourth-order valence-corrected chi connectivity index (χ4v) is 2.03. The van der Waals surface area contributed by atoms with Gasteiger partial charge in [0.25, 0.3) is 0 Å². The lowest BCUT2D eigenvalue weighted by molar-refractivity contribution is 0.422. The van der Waals surface area contributed by atoms with Crippen LogP contribution in [0.4, 0.5) is 4.39 Å². The highest BCUT2D eigenvalue weighted by Gasteiger charge is 2.11. The van der Waals surface area contributed by atoms with Crippen molar-refractivity contribution in [1.82, 2.24) is 4.98 Å². The van der Waals surface area contributed by atoms with E-state index in [0.717, 1.165) is 4.47 Å². The molecule has 0 fully saturated rings. The number of hydrogen-bond acceptors (Lipinski definition) is 2. The minimum absolute atomic E-state index is 0.149. The molecule has 1 aromatic heterocycles. The molecule has 0 aliphatic rings. The molecule has 0 atom stereocenters. The molecule has 0 unspecified atom stereocenters. The van der Waals surface area contributed by atoms with Gasteiger partial charge in [-0.1, -0.05) is 12.1 Å². The number of ether oxygens (including phenoxy) is 1. The molecule has 0 aliphatic carbocycles. The van der Waals surface area contributed by atoms with Gasteiger partial charge < -0.3 is 4.74 Å². The van der Waals surface area contributed by atoms with Crippen LogP contribution in [-0.4, -0.2) is 4.98 Å². The smallest absolute Gasteiger partial charge is 0.223 e. The van der Waals surface area contributed by atoms with Crippen LogP contribution in [0.3, 0.4) is 0 Å². The average molecular weight is 331 g/mol. The zero-order chi connectivity index (χ0) is 13.1. The summed E-state index contributed by atoms with van der Waals surface area (Å²) in [5.41, 5.74) is 1.23. The molecular formula is C13H10BrClFNO. The maximum absolute atomic E-state index is 13.8. The van der Waals surface area contributed by atoms with Gasteiger partial charge >= 0.3 is 0 Å². The average Bonchev–Trinajstić information content (AvgIpc) is 2.37. The third kappa shape index (κ3) is 2.82. The number of alkyl halides is 1.